The predicted octanol–water partition coefficient (Wildman–Crippen LogP) is 8.09. The SMILES string of the molecule is Cc1cc(C)cc(-c2nccc3c2ccc2c(F)ccc(-c4c(C)cccc4C)c23)c1. The van der Waals surface area contributed by atoms with Gasteiger partial charge in [-0.05, 0) is 79.6 Å². The van der Waals surface area contributed by atoms with Crippen LogP contribution in [0.15, 0.2) is 72.9 Å². The van der Waals surface area contributed by atoms with Gasteiger partial charge in [-0.1, -0.05) is 53.6 Å². The Hall–Kier alpha value is -3.52. The highest BCUT2D eigenvalue weighted by Gasteiger charge is 2.16. The third-order valence-corrected chi connectivity index (χ3v) is 6.11. The van der Waals surface area contributed by atoms with Crippen molar-refractivity contribution in [3.05, 3.63) is 101 Å². The minimum absolute atomic E-state index is 0.198. The summed E-state index contributed by atoms with van der Waals surface area (Å²) >= 11 is 0. The summed E-state index contributed by atoms with van der Waals surface area (Å²) in [6, 6.07) is 22.2. The van der Waals surface area contributed by atoms with E-state index in [1.165, 1.54) is 27.8 Å². The van der Waals surface area contributed by atoms with Gasteiger partial charge in [-0.3, -0.25) is 4.98 Å². The van der Waals surface area contributed by atoms with Crippen LogP contribution in [0.4, 0.5) is 4.39 Å². The lowest BCUT2D eigenvalue weighted by Crippen LogP contribution is -1.94. The van der Waals surface area contributed by atoms with Crippen molar-refractivity contribution in [3.8, 4) is 22.4 Å². The van der Waals surface area contributed by atoms with Crippen molar-refractivity contribution in [3.63, 3.8) is 0 Å². The Bertz CT molecular complexity index is 1440. The average molecular weight is 406 g/mol. The molecule has 1 aromatic heterocycles. The third kappa shape index (κ3) is 3.19. The number of aryl methyl sites for hydroxylation is 4. The van der Waals surface area contributed by atoms with E-state index in [1.54, 1.807) is 6.07 Å². The smallest absolute Gasteiger partial charge is 0.131 e. The molecule has 0 saturated carbocycles. The Labute approximate surface area is 182 Å². The van der Waals surface area contributed by atoms with Crippen LogP contribution in [-0.2, 0) is 0 Å². The van der Waals surface area contributed by atoms with Gasteiger partial charge in [0.2, 0.25) is 0 Å². The van der Waals surface area contributed by atoms with Crippen molar-refractivity contribution in [1.29, 1.82) is 0 Å². The molecule has 5 aromatic rings. The summed E-state index contributed by atoms with van der Waals surface area (Å²) in [5.41, 5.74) is 9.05. The highest BCUT2D eigenvalue weighted by atomic mass is 19.1. The van der Waals surface area contributed by atoms with Crippen LogP contribution >= 0.6 is 0 Å². The molecule has 0 radical (unpaired) electrons. The van der Waals surface area contributed by atoms with Crippen LogP contribution in [0.3, 0.4) is 0 Å². The second-order valence-electron chi connectivity index (χ2n) is 8.48. The van der Waals surface area contributed by atoms with E-state index < -0.39 is 0 Å². The van der Waals surface area contributed by atoms with Crippen molar-refractivity contribution in [2.45, 2.75) is 27.7 Å². The van der Waals surface area contributed by atoms with Gasteiger partial charge < -0.3 is 0 Å². The fraction of sp³-hybridized carbons (Fsp3) is 0.138. The molecule has 1 heterocycles. The molecule has 0 aliphatic rings. The lowest BCUT2D eigenvalue weighted by atomic mass is 9.88. The van der Waals surface area contributed by atoms with Gasteiger partial charge in [-0.25, -0.2) is 4.39 Å². The quantitative estimate of drug-likeness (QED) is 0.270. The number of halogens is 1. The molecule has 5 rings (SSSR count). The van der Waals surface area contributed by atoms with Gasteiger partial charge in [0.15, 0.2) is 0 Å². The molecule has 2 heteroatoms. The summed E-state index contributed by atoms with van der Waals surface area (Å²) in [4.78, 5) is 4.73. The molecule has 31 heavy (non-hydrogen) atoms. The Morgan fingerprint density at radius 1 is 0.677 bits per heavy atom. The zero-order valence-electron chi connectivity index (χ0n) is 18.3. The number of hydrogen-bond acceptors (Lipinski definition) is 1. The van der Waals surface area contributed by atoms with Gasteiger partial charge in [-0.2, -0.15) is 0 Å². The van der Waals surface area contributed by atoms with E-state index in [9.17, 15) is 4.39 Å². The minimum atomic E-state index is -0.198. The lowest BCUT2D eigenvalue weighted by molar-refractivity contribution is 0.640. The summed E-state index contributed by atoms with van der Waals surface area (Å²) in [6.45, 7) is 8.44. The van der Waals surface area contributed by atoms with Crippen LogP contribution in [0.25, 0.3) is 43.9 Å². The summed E-state index contributed by atoms with van der Waals surface area (Å²) in [5.74, 6) is -0.198. The molecule has 0 spiro atoms. The van der Waals surface area contributed by atoms with E-state index >= 15 is 0 Å². The first-order valence-electron chi connectivity index (χ1n) is 10.6. The van der Waals surface area contributed by atoms with Gasteiger partial charge in [0.1, 0.15) is 5.82 Å². The molecule has 0 aliphatic heterocycles. The lowest BCUT2D eigenvalue weighted by Gasteiger charge is -2.16. The molecule has 0 fully saturated rings. The van der Waals surface area contributed by atoms with E-state index in [4.69, 9.17) is 4.98 Å². The Kier molecular flexibility index (Phi) is 4.59. The van der Waals surface area contributed by atoms with Gasteiger partial charge in [0.05, 0.1) is 5.69 Å². The number of fused-ring (bicyclic) bond motifs is 3. The fourth-order valence-electron chi connectivity index (χ4n) is 4.86. The number of nitrogens with zero attached hydrogens (tertiary/aromatic N) is 1. The predicted molar refractivity (Wildman–Crippen MR) is 129 cm³/mol. The maximum Gasteiger partial charge on any atom is 0.131 e. The monoisotopic (exact) mass is 405 g/mol. The van der Waals surface area contributed by atoms with E-state index in [0.29, 0.717) is 5.39 Å². The highest BCUT2D eigenvalue weighted by Crippen LogP contribution is 2.40. The second kappa shape index (κ2) is 7.31. The number of benzene rings is 4. The van der Waals surface area contributed by atoms with Crippen molar-refractivity contribution in [2.75, 3.05) is 0 Å². The third-order valence-electron chi connectivity index (χ3n) is 6.11. The summed E-state index contributed by atoms with van der Waals surface area (Å²) in [6.07, 6.45) is 1.84. The number of pyridine rings is 1. The van der Waals surface area contributed by atoms with Gasteiger partial charge >= 0.3 is 0 Å². The minimum Gasteiger partial charge on any atom is -0.256 e. The molecular weight excluding hydrogens is 381 g/mol. The maximum atomic E-state index is 14.9. The summed E-state index contributed by atoms with van der Waals surface area (Å²) in [5, 5.41) is 3.66. The van der Waals surface area contributed by atoms with Crippen molar-refractivity contribution < 1.29 is 4.39 Å². The molecule has 0 atom stereocenters. The number of hydrogen-bond donors (Lipinski definition) is 0. The largest absolute Gasteiger partial charge is 0.256 e. The molecule has 0 amide bonds. The van der Waals surface area contributed by atoms with Crippen LogP contribution in [0.1, 0.15) is 22.3 Å². The molecule has 4 aromatic carbocycles. The van der Waals surface area contributed by atoms with E-state index in [0.717, 1.165) is 33.0 Å². The molecule has 0 saturated heterocycles. The van der Waals surface area contributed by atoms with Crippen LogP contribution in [0.2, 0.25) is 0 Å². The number of aromatic nitrogens is 1. The fourth-order valence-corrected chi connectivity index (χ4v) is 4.86. The zero-order valence-corrected chi connectivity index (χ0v) is 18.3. The van der Waals surface area contributed by atoms with Gasteiger partial charge in [-0.15, -0.1) is 0 Å². The maximum absolute atomic E-state index is 14.9. The van der Waals surface area contributed by atoms with Crippen LogP contribution in [-0.4, -0.2) is 4.98 Å². The Balaban J connectivity index is 1.92. The van der Waals surface area contributed by atoms with Crippen molar-refractivity contribution in [2.24, 2.45) is 0 Å². The van der Waals surface area contributed by atoms with Gasteiger partial charge in [0.25, 0.3) is 0 Å². The molecule has 152 valence electrons. The molecule has 0 unspecified atom stereocenters. The second-order valence-corrected chi connectivity index (χ2v) is 8.48. The summed E-state index contributed by atoms with van der Waals surface area (Å²) in [7, 11) is 0. The first kappa shape index (κ1) is 19.4. The first-order chi connectivity index (χ1) is 14.9. The van der Waals surface area contributed by atoms with Crippen LogP contribution in [0, 0.1) is 33.5 Å². The standard InChI is InChI=1S/C29H24FN/c1-17-14-18(2)16-21(15-17)29-23-8-9-24-26(30)11-10-25(28(24)22(23)12-13-31-29)27-19(3)6-5-7-20(27)4/h5-16H,1-4H3. The van der Waals surface area contributed by atoms with Crippen LogP contribution in [0.5, 0.6) is 0 Å². The topological polar surface area (TPSA) is 12.9 Å². The van der Waals surface area contributed by atoms with Gasteiger partial charge in [0, 0.05) is 27.9 Å². The molecule has 0 aliphatic carbocycles. The number of rotatable bonds is 2. The van der Waals surface area contributed by atoms with E-state index in [2.05, 4.69) is 64.1 Å². The van der Waals surface area contributed by atoms with E-state index in [1.807, 2.05) is 30.5 Å². The highest BCUT2D eigenvalue weighted by molar-refractivity contribution is 6.17. The Morgan fingerprint density at radius 2 is 1.35 bits per heavy atom. The van der Waals surface area contributed by atoms with Crippen LogP contribution < -0.4 is 0 Å². The normalized spacial score (nSPS) is 11.4. The molecule has 1 nitrogen and oxygen atoms in total. The molecule has 0 bridgehead atoms. The van der Waals surface area contributed by atoms with Crippen molar-refractivity contribution >= 4 is 21.5 Å². The molecular formula is C29H24FN. The Morgan fingerprint density at radius 3 is 2.06 bits per heavy atom. The van der Waals surface area contributed by atoms with E-state index in [-0.39, 0.29) is 5.82 Å². The summed E-state index contributed by atoms with van der Waals surface area (Å²) < 4.78 is 14.9. The average Bonchev–Trinajstić information content (AvgIpc) is 2.73. The zero-order chi connectivity index (χ0) is 21.7. The first-order valence-corrected chi connectivity index (χ1v) is 10.6. The molecule has 0 N–H and O–H groups in total. The van der Waals surface area contributed by atoms with Crippen molar-refractivity contribution in [1.82, 2.24) is 4.98 Å².